The van der Waals surface area contributed by atoms with Crippen LogP contribution in [0.25, 0.3) is 10.9 Å². The van der Waals surface area contributed by atoms with Gasteiger partial charge in [0.2, 0.25) is 5.91 Å². The minimum atomic E-state index is -0.717. The Labute approximate surface area is 179 Å². The molecule has 0 aliphatic carbocycles. The van der Waals surface area contributed by atoms with Crippen LogP contribution in [-0.2, 0) is 4.79 Å². The summed E-state index contributed by atoms with van der Waals surface area (Å²) >= 11 is 1.32. The third kappa shape index (κ3) is 3.65. The predicted molar refractivity (Wildman–Crippen MR) is 123 cm³/mol. The number of hydrogen-bond acceptors (Lipinski definition) is 4. The number of anilines is 1. The first-order chi connectivity index (χ1) is 14.1. The molecule has 1 unspecified atom stereocenters. The van der Waals surface area contributed by atoms with Crippen LogP contribution in [0.1, 0.15) is 56.9 Å². The second-order valence-corrected chi connectivity index (χ2v) is 9.00. The Kier molecular flexibility index (Phi) is 5.85. The molecule has 2 amide bonds. The lowest BCUT2D eigenvalue weighted by molar-refractivity contribution is -0.119. The van der Waals surface area contributed by atoms with Gasteiger partial charge in [-0.15, -0.1) is 11.3 Å². The summed E-state index contributed by atoms with van der Waals surface area (Å²) in [6.07, 6.45) is 0.423. The first-order valence-corrected chi connectivity index (χ1v) is 10.7. The number of rotatable bonds is 5. The smallest absolute Gasteiger partial charge is 0.252 e. The molecule has 0 saturated carbocycles. The summed E-state index contributed by atoms with van der Waals surface area (Å²) in [6.45, 7) is 11.4. The van der Waals surface area contributed by atoms with Gasteiger partial charge in [0, 0.05) is 16.3 Å². The Balaban J connectivity index is 2.15. The summed E-state index contributed by atoms with van der Waals surface area (Å²) in [6, 6.07) is 4.91. The van der Waals surface area contributed by atoms with E-state index in [4.69, 9.17) is 5.73 Å². The first-order valence-electron chi connectivity index (χ1n) is 9.90. The zero-order valence-electron chi connectivity index (χ0n) is 18.2. The number of nitrogens with two attached hydrogens (primary N) is 1. The maximum atomic E-state index is 13.3. The Bertz CT molecular complexity index is 1240. The van der Waals surface area contributed by atoms with Crippen molar-refractivity contribution < 1.29 is 9.59 Å². The standard InChI is InChI=1S/C23H27N3O3S/c1-7-17(22(29)25-23-19(21(24)28)14(5)15(6)30-23)26-18(27)10-12(3)16-9-11(2)8-13(4)20(16)26/h8-10,17H,7H2,1-6H3,(H2,24,28)(H,25,29). The van der Waals surface area contributed by atoms with Crippen LogP contribution >= 0.6 is 11.3 Å². The lowest BCUT2D eigenvalue weighted by atomic mass is 10.0. The van der Waals surface area contributed by atoms with Crippen molar-refractivity contribution in [3.8, 4) is 0 Å². The average molecular weight is 426 g/mol. The number of primary amides is 1. The summed E-state index contributed by atoms with van der Waals surface area (Å²) in [7, 11) is 0. The molecule has 2 heterocycles. The molecule has 2 aromatic heterocycles. The van der Waals surface area contributed by atoms with Gasteiger partial charge < -0.3 is 11.1 Å². The zero-order chi connectivity index (χ0) is 22.3. The van der Waals surface area contributed by atoms with E-state index in [9.17, 15) is 14.4 Å². The van der Waals surface area contributed by atoms with Gasteiger partial charge in [0.15, 0.2) is 0 Å². The number of carbonyl (C=O) groups excluding carboxylic acids is 2. The van der Waals surface area contributed by atoms with Crippen molar-refractivity contribution in [2.75, 3.05) is 5.32 Å². The van der Waals surface area contributed by atoms with Crippen molar-refractivity contribution in [1.82, 2.24) is 4.57 Å². The van der Waals surface area contributed by atoms with Crippen LogP contribution in [0.3, 0.4) is 0 Å². The highest BCUT2D eigenvalue weighted by Gasteiger charge is 2.26. The maximum absolute atomic E-state index is 13.3. The van der Waals surface area contributed by atoms with Gasteiger partial charge in [0.25, 0.3) is 11.5 Å². The third-order valence-electron chi connectivity index (χ3n) is 5.56. The molecule has 30 heavy (non-hydrogen) atoms. The maximum Gasteiger partial charge on any atom is 0.252 e. The van der Waals surface area contributed by atoms with Crippen LogP contribution in [0.15, 0.2) is 23.0 Å². The van der Waals surface area contributed by atoms with E-state index in [0.717, 1.165) is 38.0 Å². The molecule has 7 heteroatoms. The highest BCUT2D eigenvalue weighted by atomic mass is 32.1. The van der Waals surface area contributed by atoms with Crippen molar-refractivity contribution in [2.45, 2.75) is 54.0 Å². The molecule has 6 nitrogen and oxygen atoms in total. The summed E-state index contributed by atoms with van der Waals surface area (Å²) in [5, 5.41) is 4.25. The molecule has 3 aromatic rings. The van der Waals surface area contributed by atoms with Crippen LogP contribution in [0.5, 0.6) is 0 Å². The van der Waals surface area contributed by atoms with E-state index in [1.54, 1.807) is 10.6 Å². The molecule has 0 saturated heterocycles. The molecular formula is C23H27N3O3S. The number of nitrogens with zero attached hydrogens (tertiary/aromatic N) is 1. The molecule has 0 aliphatic rings. The molecule has 0 fully saturated rings. The van der Waals surface area contributed by atoms with Gasteiger partial charge in [-0.2, -0.15) is 0 Å². The number of thiophene rings is 1. The molecule has 0 bridgehead atoms. The van der Waals surface area contributed by atoms with Crippen LogP contribution in [-0.4, -0.2) is 16.4 Å². The normalized spacial score (nSPS) is 12.2. The highest BCUT2D eigenvalue weighted by molar-refractivity contribution is 7.16. The van der Waals surface area contributed by atoms with Gasteiger partial charge in [-0.3, -0.25) is 19.0 Å². The molecule has 0 aliphatic heterocycles. The van der Waals surface area contributed by atoms with Gasteiger partial charge >= 0.3 is 0 Å². The monoisotopic (exact) mass is 425 g/mol. The van der Waals surface area contributed by atoms with E-state index < -0.39 is 11.9 Å². The van der Waals surface area contributed by atoms with Gasteiger partial charge in [-0.05, 0) is 63.8 Å². The third-order valence-corrected chi connectivity index (χ3v) is 6.68. The van der Waals surface area contributed by atoms with Gasteiger partial charge in [0.1, 0.15) is 11.0 Å². The van der Waals surface area contributed by atoms with Gasteiger partial charge in [0.05, 0.1) is 11.1 Å². The number of benzene rings is 1. The molecule has 1 aromatic carbocycles. The highest BCUT2D eigenvalue weighted by Crippen LogP contribution is 2.33. The van der Waals surface area contributed by atoms with E-state index in [2.05, 4.69) is 5.32 Å². The fourth-order valence-corrected chi connectivity index (χ4v) is 5.09. The number of carbonyl (C=O) groups is 2. The molecule has 0 spiro atoms. The van der Waals surface area contributed by atoms with E-state index in [0.29, 0.717) is 17.0 Å². The van der Waals surface area contributed by atoms with Crippen molar-refractivity contribution in [2.24, 2.45) is 5.73 Å². The van der Waals surface area contributed by atoms with Gasteiger partial charge in [-0.1, -0.05) is 18.6 Å². The minimum Gasteiger partial charge on any atom is -0.365 e. The Hall–Kier alpha value is -2.93. The van der Waals surface area contributed by atoms with Crippen LogP contribution in [0, 0.1) is 34.6 Å². The number of aryl methyl sites for hydroxylation is 4. The molecule has 158 valence electrons. The fraction of sp³-hybridized carbons (Fsp3) is 0.348. The molecule has 3 rings (SSSR count). The van der Waals surface area contributed by atoms with Crippen molar-refractivity contribution in [3.63, 3.8) is 0 Å². The molecule has 3 N–H and O–H groups in total. The lowest BCUT2D eigenvalue weighted by Gasteiger charge is -2.22. The van der Waals surface area contributed by atoms with Crippen molar-refractivity contribution >= 4 is 39.1 Å². The Morgan fingerprint density at radius 1 is 1.10 bits per heavy atom. The average Bonchev–Trinajstić information content (AvgIpc) is 2.92. The number of aromatic nitrogens is 1. The van der Waals surface area contributed by atoms with E-state index in [1.807, 2.05) is 53.7 Å². The van der Waals surface area contributed by atoms with Crippen LogP contribution in [0.2, 0.25) is 0 Å². The second-order valence-electron chi connectivity index (χ2n) is 7.78. The lowest BCUT2D eigenvalue weighted by Crippen LogP contribution is -2.34. The van der Waals surface area contributed by atoms with Crippen molar-refractivity contribution in [3.05, 3.63) is 61.2 Å². The van der Waals surface area contributed by atoms with E-state index >= 15 is 0 Å². The summed E-state index contributed by atoms with van der Waals surface area (Å²) in [5.41, 5.74) is 10.1. The van der Waals surface area contributed by atoms with E-state index in [-0.39, 0.29) is 11.5 Å². The van der Waals surface area contributed by atoms with Crippen molar-refractivity contribution in [1.29, 1.82) is 0 Å². The summed E-state index contributed by atoms with van der Waals surface area (Å²) in [4.78, 5) is 39.1. The zero-order valence-corrected chi connectivity index (χ0v) is 19.0. The SMILES string of the molecule is CCC(C(=O)Nc1sc(C)c(C)c1C(N)=O)n1c(=O)cc(C)c2cc(C)cc(C)c21. The first kappa shape index (κ1) is 21.8. The Morgan fingerprint density at radius 3 is 2.37 bits per heavy atom. The van der Waals surface area contributed by atoms with E-state index in [1.165, 1.54) is 11.3 Å². The van der Waals surface area contributed by atoms with Crippen LogP contribution < -0.4 is 16.6 Å². The predicted octanol–water partition coefficient (Wildman–Crippen LogP) is 4.29. The number of amides is 2. The quantitative estimate of drug-likeness (QED) is 0.638. The fourth-order valence-electron chi connectivity index (χ4n) is 4.02. The summed E-state index contributed by atoms with van der Waals surface area (Å²) < 4.78 is 1.57. The number of fused-ring (bicyclic) bond motifs is 1. The number of nitrogens with one attached hydrogen (secondary N) is 1. The molecule has 1 atom stereocenters. The Morgan fingerprint density at radius 2 is 1.77 bits per heavy atom. The van der Waals surface area contributed by atoms with Crippen LogP contribution in [0.4, 0.5) is 5.00 Å². The molecular weight excluding hydrogens is 398 g/mol. The largest absolute Gasteiger partial charge is 0.365 e. The number of hydrogen-bond donors (Lipinski definition) is 2. The van der Waals surface area contributed by atoms with Gasteiger partial charge in [-0.25, -0.2) is 0 Å². The topological polar surface area (TPSA) is 94.2 Å². The molecule has 0 radical (unpaired) electrons. The number of pyridine rings is 1. The minimum absolute atomic E-state index is 0.220. The summed E-state index contributed by atoms with van der Waals surface area (Å²) in [5.74, 6) is -0.919. The second kappa shape index (κ2) is 8.07.